The number of aromatic nitrogens is 1. The van der Waals surface area contributed by atoms with Gasteiger partial charge < -0.3 is 14.6 Å². The van der Waals surface area contributed by atoms with Crippen molar-refractivity contribution in [1.82, 2.24) is 4.98 Å². The molecule has 7 nitrogen and oxygen atoms in total. The van der Waals surface area contributed by atoms with Crippen molar-refractivity contribution in [3.63, 3.8) is 0 Å². The summed E-state index contributed by atoms with van der Waals surface area (Å²) in [5.74, 6) is -1.80. The molecule has 1 unspecified atom stereocenters. The fourth-order valence-electron chi connectivity index (χ4n) is 4.26. The molecule has 5 rings (SSSR count). The Morgan fingerprint density at radius 3 is 2.47 bits per heavy atom. The minimum Gasteiger partial charge on any atom is -0.507 e. The maximum Gasteiger partial charge on any atom is 0.301 e. The summed E-state index contributed by atoms with van der Waals surface area (Å²) in [4.78, 5) is 32.7. The zero-order chi connectivity index (χ0) is 25.6. The number of aliphatic hydroxyl groups excluding tert-OH is 1. The zero-order valence-corrected chi connectivity index (χ0v) is 20.4. The highest BCUT2D eigenvalue weighted by Gasteiger charge is 2.49. The number of aliphatic hydroxyl groups is 1. The van der Waals surface area contributed by atoms with Gasteiger partial charge in [-0.25, -0.2) is 9.37 Å². The van der Waals surface area contributed by atoms with Crippen LogP contribution in [-0.4, -0.2) is 36.0 Å². The smallest absolute Gasteiger partial charge is 0.301 e. The van der Waals surface area contributed by atoms with Crippen LogP contribution in [-0.2, 0) is 9.59 Å². The summed E-state index contributed by atoms with van der Waals surface area (Å²) in [6.45, 7) is 1.95. The second-order valence-electron chi connectivity index (χ2n) is 8.25. The molecule has 1 aromatic heterocycles. The summed E-state index contributed by atoms with van der Waals surface area (Å²) in [6.07, 6.45) is 0. The number of halogens is 1. The molecule has 1 amide bonds. The number of hydrogen-bond donors (Lipinski definition) is 1. The molecule has 0 aliphatic carbocycles. The van der Waals surface area contributed by atoms with E-state index in [4.69, 9.17) is 9.47 Å². The van der Waals surface area contributed by atoms with Crippen LogP contribution in [0.5, 0.6) is 11.5 Å². The average Bonchev–Trinajstić information content (AvgIpc) is 3.41. The van der Waals surface area contributed by atoms with Crippen molar-refractivity contribution in [1.29, 1.82) is 0 Å². The molecule has 1 atom stereocenters. The lowest BCUT2D eigenvalue weighted by Gasteiger charge is -2.25. The second-order valence-corrected chi connectivity index (χ2v) is 9.26. The molecule has 0 saturated carbocycles. The van der Waals surface area contributed by atoms with Crippen LogP contribution in [0.25, 0.3) is 16.0 Å². The number of amides is 1. The highest BCUT2D eigenvalue weighted by Crippen LogP contribution is 2.47. The molecule has 0 spiro atoms. The maximum atomic E-state index is 13.5. The Labute approximate surface area is 210 Å². The van der Waals surface area contributed by atoms with Crippen molar-refractivity contribution in [2.24, 2.45) is 0 Å². The molecule has 1 fully saturated rings. The number of nitrogens with zero attached hydrogens (tertiary/aromatic N) is 2. The van der Waals surface area contributed by atoms with E-state index in [0.29, 0.717) is 27.7 Å². The number of hydrogen-bond acceptors (Lipinski definition) is 7. The summed E-state index contributed by atoms with van der Waals surface area (Å²) < 4.78 is 25.3. The monoisotopic (exact) mass is 504 g/mol. The molecule has 1 aliphatic heterocycles. The first-order chi connectivity index (χ1) is 17.3. The van der Waals surface area contributed by atoms with Gasteiger partial charge in [-0.15, -0.1) is 0 Å². The van der Waals surface area contributed by atoms with Gasteiger partial charge in [-0.05, 0) is 67.1 Å². The highest BCUT2D eigenvalue weighted by atomic mass is 32.1. The molecule has 1 aliphatic rings. The summed E-state index contributed by atoms with van der Waals surface area (Å²) >= 11 is 1.26. The lowest BCUT2D eigenvalue weighted by atomic mass is 9.94. The normalized spacial score (nSPS) is 17.1. The second kappa shape index (κ2) is 9.09. The zero-order valence-electron chi connectivity index (χ0n) is 19.6. The lowest BCUT2D eigenvalue weighted by molar-refractivity contribution is -0.132. The number of fused-ring (bicyclic) bond motifs is 1. The number of carbonyl (C=O) groups is 2. The highest BCUT2D eigenvalue weighted by molar-refractivity contribution is 7.22. The van der Waals surface area contributed by atoms with Gasteiger partial charge in [0.15, 0.2) is 5.13 Å². The number of ketones is 1. The van der Waals surface area contributed by atoms with Crippen molar-refractivity contribution >= 4 is 44.1 Å². The summed E-state index contributed by atoms with van der Waals surface area (Å²) in [7, 11) is 2.97. The number of carbonyl (C=O) groups excluding carboxylic acids is 2. The van der Waals surface area contributed by atoms with Crippen LogP contribution in [0.1, 0.15) is 22.7 Å². The molecule has 1 N–H and O–H groups in total. The third kappa shape index (κ3) is 3.87. The summed E-state index contributed by atoms with van der Waals surface area (Å²) in [5.41, 5.74) is 2.17. The van der Waals surface area contributed by atoms with Crippen LogP contribution in [0.15, 0.2) is 66.2 Å². The van der Waals surface area contributed by atoms with Crippen molar-refractivity contribution in [2.75, 3.05) is 19.1 Å². The van der Waals surface area contributed by atoms with Crippen molar-refractivity contribution in [2.45, 2.75) is 13.0 Å². The Balaban J connectivity index is 1.78. The van der Waals surface area contributed by atoms with Crippen LogP contribution in [0, 0.1) is 12.7 Å². The average molecular weight is 505 g/mol. The number of ether oxygens (including phenoxy) is 2. The number of methoxy groups -OCH3 is 2. The van der Waals surface area contributed by atoms with E-state index in [-0.39, 0.29) is 11.1 Å². The largest absolute Gasteiger partial charge is 0.507 e. The van der Waals surface area contributed by atoms with Gasteiger partial charge in [-0.2, -0.15) is 0 Å². The molecule has 4 aromatic rings. The first-order valence-electron chi connectivity index (χ1n) is 11.0. The third-order valence-corrected chi connectivity index (χ3v) is 7.05. The van der Waals surface area contributed by atoms with E-state index in [9.17, 15) is 19.1 Å². The van der Waals surface area contributed by atoms with Gasteiger partial charge in [-0.1, -0.05) is 17.4 Å². The van der Waals surface area contributed by atoms with Crippen LogP contribution in [0.3, 0.4) is 0 Å². The molecule has 9 heteroatoms. The number of aryl methyl sites for hydroxylation is 1. The van der Waals surface area contributed by atoms with Crippen LogP contribution in [0.2, 0.25) is 0 Å². The standard InChI is InChI=1S/C27H21FN2O5S/c1-14-4-10-19-21(12-14)36-27(29-19)30-23(18-13-17(34-2)9-11-20(18)35-3)22(25(32)26(30)33)24(31)15-5-7-16(28)8-6-15/h4-13,23,31H,1-3H3/b24-22+. The fourth-order valence-corrected chi connectivity index (χ4v) is 5.35. The molecule has 182 valence electrons. The van der Waals surface area contributed by atoms with Crippen molar-refractivity contribution in [3.05, 3.63) is 88.7 Å². The molecule has 0 bridgehead atoms. The van der Waals surface area contributed by atoms with Crippen LogP contribution < -0.4 is 14.4 Å². The lowest BCUT2D eigenvalue weighted by Crippen LogP contribution is -2.29. The van der Waals surface area contributed by atoms with E-state index in [2.05, 4.69) is 4.98 Å². The van der Waals surface area contributed by atoms with E-state index in [1.54, 1.807) is 18.2 Å². The number of benzene rings is 3. The first kappa shape index (κ1) is 23.5. The van der Waals surface area contributed by atoms with Crippen molar-refractivity contribution in [3.8, 4) is 11.5 Å². The summed E-state index contributed by atoms with van der Waals surface area (Å²) in [6, 6.07) is 14.7. The third-order valence-electron chi connectivity index (χ3n) is 6.03. The minimum atomic E-state index is -1.07. The van der Waals surface area contributed by atoms with Gasteiger partial charge in [0.1, 0.15) is 29.1 Å². The number of thiazole rings is 1. The van der Waals surface area contributed by atoms with E-state index >= 15 is 0 Å². The van der Waals surface area contributed by atoms with Crippen molar-refractivity contribution < 1.29 is 28.6 Å². The SMILES string of the molecule is COc1ccc(OC)c(C2/C(=C(\O)c3ccc(F)cc3)C(=O)C(=O)N2c2nc3ccc(C)cc3s2)c1. The van der Waals surface area contributed by atoms with E-state index in [1.807, 2.05) is 25.1 Å². The van der Waals surface area contributed by atoms with Gasteiger partial charge in [-0.3, -0.25) is 14.5 Å². The van der Waals surface area contributed by atoms with Crippen LogP contribution in [0.4, 0.5) is 9.52 Å². The Bertz CT molecular complexity index is 1540. The predicted molar refractivity (Wildman–Crippen MR) is 135 cm³/mol. The van der Waals surface area contributed by atoms with Gasteiger partial charge in [0.25, 0.3) is 5.78 Å². The Morgan fingerprint density at radius 2 is 1.78 bits per heavy atom. The van der Waals surface area contributed by atoms with Crippen LogP contribution >= 0.6 is 11.3 Å². The topological polar surface area (TPSA) is 89.0 Å². The molecule has 0 radical (unpaired) electrons. The Hall–Kier alpha value is -4.24. The molecule has 3 aromatic carbocycles. The predicted octanol–water partition coefficient (Wildman–Crippen LogP) is 5.39. The molecule has 1 saturated heterocycles. The number of anilines is 1. The molecular weight excluding hydrogens is 483 g/mol. The number of Topliss-reactive ketones (excluding diaryl/α,β-unsaturated/α-hetero) is 1. The van der Waals surface area contributed by atoms with Gasteiger partial charge in [0, 0.05) is 11.1 Å². The summed E-state index contributed by atoms with van der Waals surface area (Å²) in [5, 5.41) is 11.5. The van der Waals surface area contributed by atoms with E-state index < -0.39 is 29.3 Å². The van der Waals surface area contributed by atoms with Gasteiger partial charge >= 0.3 is 5.91 Å². The number of rotatable bonds is 5. The Morgan fingerprint density at radius 1 is 1.03 bits per heavy atom. The van der Waals surface area contributed by atoms with Gasteiger partial charge in [0.05, 0.1) is 30.0 Å². The van der Waals surface area contributed by atoms with E-state index in [1.165, 1.54) is 54.7 Å². The Kier molecular flexibility index (Phi) is 5.93. The first-order valence-corrected chi connectivity index (χ1v) is 11.8. The molecule has 2 heterocycles. The minimum absolute atomic E-state index is 0.159. The van der Waals surface area contributed by atoms with E-state index in [0.717, 1.165) is 10.3 Å². The molecule has 36 heavy (non-hydrogen) atoms. The quantitative estimate of drug-likeness (QED) is 0.223. The fraction of sp³-hybridized carbons (Fsp3) is 0.148. The van der Waals surface area contributed by atoms with Gasteiger partial charge in [0.2, 0.25) is 0 Å². The maximum absolute atomic E-state index is 13.5. The molecular formula is C27H21FN2O5S.